The molecule has 0 amide bonds. The Labute approximate surface area is 90.8 Å². The lowest BCUT2D eigenvalue weighted by atomic mass is 9.89. The van der Waals surface area contributed by atoms with Crippen molar-refractivity contribution >= 4 is 11.3 Å². The monoisotopic (exact) mass is 212 g/mol. The summed E-state index contributed by atoms with van der Waals surface area (Å²) in [6, 6.07) is 4.10. The van der Waals surface area contributed by atoms with E-state index in [1.54, 1.807) is 11.3 Å². The zero-order chi connectivity index (χ0) is 10.8. The van der Waals surface area contributed by atoms with Crippen molar-refractivity contribution in [3.63, 3.8) is 0 Å². The second kappa shape index (κ2) is 4.45. The molecule has 0 bridgehead atoms. The molecule has 1 rings (SSSR count). The minimum Gasteiger partial charge on any atom is -0.388 e. The Morgan fingerprint density at radius 1 is 1.36 bits per heavy atom. The number of thiophene rings is 1. The molecular formula is C12H20OS. The van der Waals surface area contributed by atoms with E-state index < -0.39 is 0 Å². The quantitative estimate of drug-likeness (QED) is 0.805. The Kier molecular flexibility index (Phi) is 3.73. The van der Waals surface area contributed by atoms with E-state index in [4.69, 9.17) is 0 Å². The Bertz CT molecular complexity index is 283. The molecule has 0 spiro atoms. The summed E-state index contributed by atoms with van der Waals surface area (Å²) in [5.74, 6) is 0. The molecule has 80 valence electrons. The van der Waals surface area contributed by atoms with E-state index >= 15 is 0 Å². The van der Waals surface area contributed by atoms with Gasteiger partial charge >= 0.3 is 0 Å². The van der Waals surface area contributed by atoms with Gasteiger partial charge in [0.2, 0.25) is 0 Å². The van der Waals surface area contributed by atoms with Gasteiger partial charge in [-0.15, -0.1) is 11.3 Å². The largest absolute Gasteiger partial charge is 0.388 e. The second-order valence-corrected chi connectivity index (χ2v) is 6.38. The van der Waals surface area contributed by atoms with Gasteiger partial charge in [0.25, 0.3) is 0 Å². The summed E-state index contributed by atoms with van der Waals surface area (Å²) in [7, 11) is 0. The molecule has 0 radical (unpaired) electrons. The lowest BCUT2D eigenvalue weighted by Crippen LogP contribution is -2.07. The summed E-state index contributed by atoms with van der Waals surface area (Å²) in [4.78, 5) is 2.38. The molecule has 1 aromatic heterocycles. The van der Waals surface area contributed by atoms with Crippen molar-refractivity contribution < 1.29 is 5.11 Å². The maximum absolute atomic E-state index is 9.91. The first-order chi connectivity index (χ1) is 6.38. The molecule has 1 nitrogen and oxygen atoms in total. The molecule has 2 heteroatoms. The van der Waals surface area contributed by atoms with Gasteiger partial charge in [-0.25, -0.2) is 0 Å². The second-order valence-electron chi connectivity index (χ2n) is 5.06. The lowest BCUT2D eigenvalue weighted by Gasteiger charge is -2.19. The van der Waals surface area contributed by atoms with E-state index in [9.17, 15) is 5.11 Å². The molecule has 1 heterocycles. The average molecular weight is 212 g/mol. The van der Waals surface area contributed by atoms with E-state index in [0.717, 1.165) is 17.7 Å². The highest BCUT2D eigenvalue weighted by atomic mass is 32.1. The van der Waals surface area contributed by atoms with Crippen LogP contribution < -0.4 is 0 Å². The maximum atomic E-state index is 9.91. The van der Waals surface area contributed by atoms with Crippen LogP contribution in [0.1, 0.15) is 49.5 Å². The van der Waals surface area contributed by atoms with Crippen LogP contribution in [0.15, 0.2) is 12.1 Å². The van der Waals surface area contributed by atoms with Gasteiger partial charge in [-0.1, -0.05) is 20.8 Å². The fraction of sp³-hybridized carbons (Fsp3) is 0.667. The molecule has 0 fully saturated rings. The van der Waals surface area contributed by atoms with Crippen LogP contribution in [0.4, 0.5) is 0 Å². The zero-order valence-corrected chi connectivity index (χ0v) is 10.3. The van der Waals surface area contributed by atoms with Gasteiger partial charge in [-0.3, -0.25) is 0 Å². The number of rotatable bonds is 3. The summed E-state index contributed by atoms with van der Waals surface area (Å²) in [6.45, 7) is 8.70. The summed E-state index contributed by atoms with van der Waals surface area (Å²) < 4.78 is 0. The summed E-state index contributed by atoms with van der Waals surface area (Å²) in [5.41, 5.74) is 0.313. The molecule has 0 saturated carbocycles. The summed E-state index contributed by atoms with van der Waals surface area (Å²) >= 11 is 1.70. The van der Waals surface area contributed by atoms with Crippen molar-refractivity contribution in [1.29, 1.82) is 0 Å². The van der Waals surface area contributed by atoms with Crippen LogP contribution in [-0.2, 0) is 0 Å². The number of aliphatic hydroxyl groups excluding tert-OH is 1. The number of hydrogen-bond donors (Lipinski definition) is 1. The van der Waals surface area contributed by atoms with Crippen LogP contribution in [0.2, 0.25) is 0 Å². The SMILES string of the molecule is Cc1ccc(C(O)CCC(C)(C)C)s1. The third-order valence-corrected chi connectivity index (χ3v) is 3.36. The lowest BCUT2D eigenvalue weighted by molar-refractivity contribution is 0.151. The van der Waals surface area contributed by atoms with Crippen molar-refractivity contribution in [2.24, 2.45) is 5.41 Å². The average Bonchev–Trinajstić information content (AvgIpc) is 2.46. The highest BCUT2D eigenvalue weighted by molar-refractivity contribution is 7.11. The Hall–Kier alpha value is -0.340. The first-order valence-corrected chi connectivity index (χ1v) is 5.94. The minimum atomic E-state index is -0.270. The van der Waals surface area contributed by atoms with Gasteiger partial charge < -0.3 is 5.11 Å². The molecule has 1 N–H and O–H groups in total. The van der Waals surface area contributed by atoms with Crippen molar-refractivity contribution in [1.82, 2.24) is 0 Å². The van der Waals surface area contributed by atoms with Gasteiger partial charge in [-0.05, 0) is 37.3 Å². The van der Waals surface area contributed by atoms with Crippen LogP contribution in [0, 0.1) is 12.3 Å². The minimum absolute atomic E-state index is 0.270. The number of aliphatic hydroxyl groups is 1. The first kappa shape index (κ1) is 11.7. The first-order valence-electron chi connectivity index (χ1n) is 5.13. The van der Waals surface area contributed by atoms with Crippen LogP contribution in [0.3, 0.4) is 0 Å². The zero-order valence-electron chi connectivity index (χ0n) is 9.50. The van der Waals surface area contributed by atoms with E-state index in [2.05, 4.69) is 33.8 Å². The van der Waals surface area contributed by atoms with Crippen LogP contribution >= 0.6 is 11.3 Å². The molecule has 1 unspecified atom stereocenters. The Morgan fingerprint density at radius 3 is 2.43 bits per heavy atom. The van der Waals surface area contributed by atoms with Gasteiger partial charge in [-0.2, -0.15) is 0 Å². The van der Waals surface area contributed by atoms with Crippen LogP contribution in [0.5, 0.6) is 0 Å². The van der Waals surface area contributed by atoms with Gasteiger partial charge in [0.15, 0.2) is 0 Å². The van der Waals surface area contributed by atoms with Crippen LogP contribution in [-0.4, -0.2) is 5.11 Å². The van der Waals surface area contributed by atoms with Crippen molar-refractivity contribution in [3.05, 3.63) is 21.9 Å². The Balaban J connectivity index is 2.47. The predicted molar refractivity (Wildman–Crippen MR) is 62.7 cm³/mol. The normalized spacial score (nSPS) is 14.4. The van der Waals surface area contributed by atoms with E-state index in [0.29, 0.717) is 5.41 Å². The third kappa shape index (κ3) is 3.81. The third-order valence-electron chi connectivity index (χ3n) is 2.26. The molecule has 0 aliphatic rings. The van der Waals surface area contributed by atoms with Gasteiger partial charge in [0, 0.05) is 9.75 Å². The molecule has 0 aliphatic heterocycles. The molecule has 1 aromatic rings. The molecule has 0 saturated heterocycles. The number of hydrogen-bond acceptors (Lipinski definition) is 2. The van der Waals surface area contributed by atoms with E-state index in [1.807, 2.05) is 6.07 Å². The van der Waals surface area contributed by atoms with Crippen molar-refractivity contribution in [2.75, 3.05) is 0 Å². The van der Waals surface area contributed by atoms with E-state index in [1.165, 1.54) is 4.88 Å². The highest BCUT2D eigenvalue weighted by Gasteiger charge is 2.15. The molecule has 0 aromatic carbocycles. The van der Waals surface area contributed by atoms with Crippen molar-refractivity contribution in [2.45, 2.75) is 46.6 Å². The van der Waals surface area contributed by atoms with Crippen molar-refractivity contribution in [3.8, 4) is 0 Å². The topological polar surface area (TPSA) is 20.2 Å². The smallest absolute Gasteiger partial charge is 0.0882 e. The van der Waals surface area contributed by atoms with Gasteiger partial charge in [0.1, 0.15) is 0 Å². The highest BCUT2D eigenvalue weighted by Crippen LogP contribution is 2.30. The molecule has 14 heavy (non-hydrogen) atoms. The van der Waals surface area contributed by atoms with Crippen LogP contribution in [0.25, 0.3) is 0 Å². The summed E-state index contributed by atoms with van der Waals surface area (Å²) in [6.07, 6.45) is 1.65. The maximum Gasteiger partial charge on any atom is 0.0882 e. The Morgan fingerprint density at radius 2 is 2.00 bits per heavy atom. The standard InChI is InChI=1S/C12H20OS/c1-9-5-6-11(14-9)10(13)7-8-12(2,3)4/h5-6,10,13H,7-8H2,1-4H3. The molecule has 0 aliphatic carbocycles. The predicted octanol–water partition coefficient (Wildman–Crippen LogP) is 3.92. The fourth-order valence-corrected chi connectivity index (χ4v) is 2.24. The van der Waals surface area contributed by atoms with E-state index in [-0.39, 0.29) is 6.10 Å². The fourth-order valence-electron chi connectivity index (χ4n) is 1.34. The summed E-state index contributed by atoms with van der Waals surface area (Å²) in [5, 5.41) is 9.91. The molecular weight excluding hydrogens is 192 g/mol. The molecule has 1 atom stereocenters. The van der Waals surface area contributed by atoms with Gasteiger partial charge in [0.05, 0.1) is 6.10 Å². The number of aryl methyl sites for hydroxylation is 1.